The Kier molecular flexibility index (Phi) is 2.79. The molecule has 0 aliphatic carbocycles. The van der Waals surface area contributed by atoms with Crippen molar-refractivity contribution in [3.05, 3.63) is 40.8 Å². The fourth-order valence-corrected chi connectivity index (χ4v) is 1.34. The molecule has 0 N–H and O–H groups in total. The molecule has 0 bridgehead atoms. The summed E-state index contributed by atoms with van der Waals surface area (Å²) in [6.45, 7) is 5.42. The summed E-state index contributed by atoms with van der Waals surface area (Å²) >= 11 is 0. The van der Waals surface area contributed by atoms with Crippen molar-refractivity contribution in [1.82, 2.24) is 0 Å². The van der Waals surface area contributed by atoms with Gasteiger partial charge in [0.2, 0.25) is 0 Å². The molecule has 76 valence electrons. The van der Waals surface area contributed by atoms with Crippen molar-refractivity contribution >= 4 is 0 Å². The van der Waals surface area contributed by atoms with E-state index < -0.39 is 11.7 Å². The zero-order chi connectivity index (χ0) is 10.9. The molecule has 0 fully saturated rings. The highest BCUT2D eigenvalue weighted by molar-refractivity contribution is 5.40. The van der Waals surface area contributed by atoms with E-state index in [4.69, 9.17) is 0 Å². The summed E-state index contributed by atoms with van der Waals surface area (Å²) in [5, 5.41) is 0. The zero-order valence-electron chi connectivity index (χ0n) is 8.37. The first-order valence-electron chi connectivity index (χ1n) is 4.30. The highest BCUT2D eigenvalue weighted by Crippen LogP contribution is 2.32. The number of aryl methyl sites for hydroxylation is 1. The summed E-state index contributed by atoms with van der Waals surface area (Å²) in [4.78, 5) is 0. The van der Waals surface area contributed by atoms with Crippen LogP contribution in [0.2, 0.25) is 0 Å². The Bertz CT molecular complexity index is 324. The molecular weight excluding hydrogens is 189 g/mol. The van der Waals surface area contributed by atoms with Gasteiger partial charge < -0.3 is 0 Å². The van der Waals surface area contributed by atoms with Gasteiger partial charge in [0.25, 0.3) is 0 Å². The number of halogens is 3. The first-order valence-corrected chi connectivity index (χ1v) is 4.30. The minimum atomic E-state index is -4.25. The lowest BCUT2D eigenvalue weighted by molar-refractivity contribution is -0.137. The molecule has 1 aromatic rings. The van der Waals surface area contributed by atoms with Crippen LogP contribution in [-0.2, 0) is 6.18 Å². The summed E-state index contributed by atoms with van der Waals surface area (Å²) < 4.78 is 37.1. The van der Waals surface area contributed by atoms with Crippen LogP contribution in [0.5, 0.6) is 0 Å². The molecule has 0 nitrogen and oxygen atoms in total. The molecule has 0 saturated carbocycles. The minimum Gasteiger partial charge on any atom is -0.165 e. The van der Waals surface area contributed by atoms with Gasteiger partial charge in [-0.25, -0.2) is 0 Å². The van der Waals surface area contributed by atoms with E-state index in [-0.39, 0.29) is 0 Å². The number of rotatable bonds is 1. The highest BCUT2D eigenvalue weighted by atomic mass is 19.4. The maximum Gasteiger partial charge on any atom is 0.428 e. The molecular formula is C11H12F3+. The normalized spacial score (nSPS) is 11.6. The van der Waals surface area contributed by atoms with Gasteiger partial charge in [-0.2, -0.15) is 13.2 Å². The quantitative estimate of drug-likeness (QED) is 0.603. The molecule has 0 unspecified atom stereocenters. The summed E-state index contributed by atoms with van der Waals surface area (Å²) in [5.74, 6) is 0.897. The summed E-state index contributed by atoms with van der Waals surface area (Å²) in [6, 6.07) is 3.82. The standard InChI is InChI=1S/C11H12F3/c1-7(2)10-6-9(11(12,13)14)5-4-8(10)3/h4-6H,1-3H3/q+1. The summed E-state index contributed by atoms with van der Waals surface area (Å²) in [5.41, 5.74) is 0.970. The second kappa shape index (κ2) is 3.56. The van der Waals surface area contributed by atoms with Crippen molar-refractivity contribution in [2.75, 3.05) is 0 Å². The largest absolute Gasteiger partial charge is 0.428 e. The lowest BCUT2D eigenvalue weighted by atomic mass is 9.96. The number of benzene rings is 1. The van der Waals surface area contributed by atoms with Gasteiger partial charge in [-0.15, -0.1) is 0 Å². The van der Waals surface area contributed by atoms with Crippen molar-refractivity contribution in [2.24, 2.45) is 0 Å². The van der Waals surface area contributed by atoms with E-state index in [9.17, 15) is 13.2 Å². The lowest BCUT2D eigenvalue weighted by Crippen LogP contribution is -2.06. The molecule has 0 aromatic heterocycles. The van der Waals surface area contributed by atoms with Gasteiger partial charge in [-0.3, -0.25) is 0 Å². The Morgan fingerprint density at radius 1 is 1.14 bits per heavy atom. The van der Waals surface area contributed by atoms with Crippen molar-refractivity contribution in [3.63, 3.8) is 0 Å². The van der Waals surface area contributed by atoms with Gasteiger partial charge in [0, 0.05) is 26.7 Å². The second-order valence-corrected chi connectivity index (χ2v) is 3.53. The molecule has 0 aliphatic heterocycles. The van der Waals surface area contributed by atoms with Crippen molar-refractivity contribution in [3.8, 4) is 0 Å². The first-order chi connectivity index (χ1) is 6.32. The van der Waals surface area contributed by atoms with Crippen molar-refractivity contribution in [2.45, 2.75) is 26.9 Å². The molecule has 0 saturated heterocycles. The zero-order valence-corrected chi connectivity index (χ0v) is 8.37. The van der Waals surface area contributed by atoms with Crippen LogP contribution in [0.15, 0.2) is 18.2 Å². The fraction of sp³-hybridized carbons (Fsp3) is 0.364. The second-order valence-electron chi connectivity index (χ2n) is 3.53. The first kappa shape index (κ1) is 11.0. The average Bonchev–Trinajstić information content (AvgIpc) is 2.02. The molecule has 1 aromatic carbocycles. The van der Waals surface area contributed by atoms with Crippen LogP contribution in [0.4, 0.5) is 13.2 Å². The lowest BCUT2D eigenvalue weighted by Gasteiger charge is -2.06. The van der Waals surface area contributed by atoms with E-state index in [0.29, 0.717) is 5.56 Å². The average molecular weight is 201 g/mol. The Morgan fingerprint density at radius 2 is 1.71 bits per heavy atom. The molecule has 0 amide bonds. The third-order valence-electron chi connectivity index (χ3n) is 2.10. The molecule has 0 aliphatic rings. The fourth-order valence-electron chi connectivity index (χ4n) is 1.34. The van der Waals surface area contributed by atoms with Gasteiger partial charge in [-0.1, -0.05) is 0 Å². The molecule has 0 heterocycles. The Balaban J connectivity index is 3.20. The molecule has 3 heteroatoms. The smallest absolute Gasteiger partial charge is 0.165 e. The monoisotopic (exact) mass is 201 g/mol. The highest BCUT2D eigenvalue weighted by Gasteiger charge is 2.34. The Labute approximate surface area is 81.8 Å². The number of alkyl halides is 3. The van der Waals surface area contributed by atoms with Crippen molar-refractivity contribution < 1.29 is 13.2 Å². The van der Waals surface area contributed by atoms with Crippen LogP contribution in [0.1, 0.15) is 30.5 Å². The topological polar surface area (TPSA) is 0 Å². The van der Waals surface area contributed by atoms with E-state index in [1.807, 2.05) is 20.8 Å². The summed E-state index contributed by atoms with van der Waals surface area (Å²) in [6.07, 6.45) is -4.25. The number of hydrogen-bond donors (Lipinski definition) is 0. The van der Waals surface area contributed by atoms with Crippen molar-refractivity contribution in [1.29, 1.82) is 0 Å². The third kappa shape index (κ3) is 2.22. The van der Waals surface area contributed by atoms with Crippen LogP contribution in [0, 0.1) is 12.8 Å². The third-order valence-corrected chi connectivity index (χ3v) is 2.10. The molecule has 14 heavy (non-hydrogen) atoms. The van der Waals surface area contributed by atoms with Crippen LogP contribution in [-0.4, -0.2) is 0 Å². The number of hydrogen-bond acceptors (Lipinski definition) is 0. The van der Waals surface area contributed by atoms with Crippen LogP contribution < -0.4 is 0 Å². The predicted molar refractivity (Wildman–Crippen MR) is 49.9 cm³/mol. The van der Waals surface area contributed by atoms with Crippen LogP contribution >= 0.6 is 0 Å². The minimum absolute atomic E-state index is 0.584. The van der Waals surface area contributed by atoms with Gasteiger partial charge >= 0.3 is 6.18 Å². The molecule has 0 radical (unpaired) electrons. The van der Waals surface area contributed by atoms with E-state index in [0.717, 1.165) is 17.5 Å². The Morgan fingerprint density at radius 3 is 2.14 bits per heavy atom. The van der Waals surface area contributed by atoms with E-state index in [2.05, 4.69) is 0 Å². The molecule has 1 rings (SSSR count). The molecule has 0 spiro atoms. The maximum absolute atomic E-state index is 12.4. The van der Waals surface area contributed by atoms with E-state index in [1.54, 1.807) is 0 Å². The van der Waals surface area contributed by atoms with Crippen LogP contribution in [0.25, 0.3) is 0 Å². The van der Waals surface area contributed by atoms with Gasteiger partial charge in [-0.05, 0) is 12.1 Å². The van der Waals surface area contributed by atoms with Gasteiger partial charge in [0.1, 0.15) is 11.1 Å². The van der Waals surface area contributed by atoms with E-state index in [1.165, 1.54) is 12.1 Å². The maximum atomic E-state index is 12.4. The SMILES string of the molecule is Cc1ccc(C(F)(F)F)cc1[C+](C)C. The Hall–Kier alpha value is -1.12. The van der Waals surface area contributed by atoms with Crippen LogP contribution in [0.3, 0.4) is 0 Å². The summed E-state index contributed by atoms with van der Waals surface area (Å²) in [7, 11) is 0. The molecule has 0 atom stereocenters. The predicted octanol–water partition coefficient (Wildman–Crippen LogP) is 3.98. The van der Waals surface area contributed by atoms with E-state index >= 15 is 0 Å². The van der Waals surface area contributed by atoms with Gasteiger partial charge in [0.05, 0.1) is 11.6 Å². The van der Waals surface area contributed by atoms with Gasteiger partial charge in [0.15, 0.2) is 0 Å².